The highest BCUT2D eigenvalue weighted by Crippen LogP contribution is 2.22. The fourth-order valence-corrected chi connectivity index (χ4v) is 2.40. The van der Waals surface area contributed by atoms with Crippen LogP contribution in [0.2, 0.25) is 0 Å². The molecule has 1 aromatic heterocycles. The topological polar surface area (TPSA) is 29.9 Å². The summed E-state index contributed by atoms with van der Waals surface area (Å²) in [7, 11) is 1.96. The van der Waals surface area contributed by atoms with Crippen LogP contribution in [0.5, 0.6) is 0 Å². The van der Waals surface area contributed by atoms with Gasteiger partial charge in [-0.05, 0) is 24.6 Å². The van der Waals surface area contributed by atoms with Gasteiger partial charge in [-0.2, -0.15) is 5.10 Å². The molecule has 4 heteroatoms. The van der Waals surface area contributed by atoms with Gasteiger partial charge in [0.05, 0.1) is 5.69 Å². The Morgan fingerprint density at radius 2 is 2.12 bits per heavy atom. The van der Waals surface area contributed by atoms with Crippen molar-refractivity contribution in [3.63, 3.8) is 0 Å². The van der Waals surface area contributed by atoms with Crippen molar-refractivity contribution in [2.45, 2.75) is 19.5 Å². The lowest BCUT2D eigenvalue weighted by Gasteiger charge is -2.15. The average molecular weight is 294 g/mol. The Bertz CT molecular complexity index is 493. The zero-order valence-electron chi connectivity index (χ0n) is 10.0. The van der Waals surface area contributed by atoms with Crippen LogP contribution >= 0.6 is 15.9 Å². The quantitative estimate of drug-likeness (QED) is 0.939. The number of benzene rings is 1. The highest BCUT2D eigenvalue weighted by Gasteiger charge is 2.08. The summed E-state index contributed by atoms with van der Waals surface area (Å²) in [6, 6.07) is 10.6. The van der Waals surface area contributed by atoms with Crippen molar-refractivity contribution in [2.75, 3.05) is 0 Å². The maximum Gasteiger partial charge on any atom is 0.0518 e. The van der Waals surface area contributed by atoms with E-state index in [4.69, 9.17) is 0 Å². The first-order chi connectivity index (χ1) is 8.18. The lowest BCUT2D eigenvalue weighted by molar-refractivity contribution is 0.547. The zero-order valence-corrected chi connectivity index (χ0v) is 11.6. The van der Waals surface area contributed by atoms with Gasteiger partial charge in [-0.15, -0.1) is 0 Å². The second-order valence-corrected chi connectivity index (χ2v) is 4.92. The van der Waals surface area contributed by atoms with E-state index in [1.165, 1.54) is 11.3 Å². The maximum atomic E-state index is 4.15. The predicted octanol–water partition coefficient (Wildman–Crippen LogP) is 3.03. The van der Waals surface area contributed by atoms with Gasteiger partial charge in [-0.1, -0.05) is 34.1 Å². The first-order valence-electron chi connectivity index (χ1n) is 5.63. The molecule has 1 atom stereocenters. The lowest BCUT2D eigenvalue weighted by atomic mass is 10.1. The molecule has 3 nitrogen and oxygen atoms in total. The van der Waals surface area contributed by atoms with Crippen LogP contribution in [-0.4, -0.2) is 9.78 Å². The fraction of sp³-hybridized carbons (Fsp3) is 0.308. The van der Waals surface area contributed by atoms with Crippen LogP contribution in [0.4, 0.5) is 0 Å². The second kappa shape index (κ2) is 5.47. The number of nitrogens with zero attached hydrogens (tertiary/aromatic N) is 2. The molecule has 0 saturated carbocycles. The summed E-state index contributed by atoms with van der Waals surface area (Å²) < 4.78 is 3.03. The van der Waals surface area contributed by atoms with Crippen molar-refractivity contribution < 1.29 is 0 Å². The monoisotopic (exact) mass is 293 g/mol. The number of halogens is 1. The van der Waals surface area contributed by atoms with Gasteiger partial charge in [0, 0.05) is 30.3 Å². The Kier molecular flexibility index (Phi) is 3.97. The number of aryl methyl sites for hydroxylation is 1. The van der Waals surface area contributed by atoms with Gasteiger partial charge in [0.25, 0.3) is 0 Å². The van der Waals surface area contributed by atoms with Crippen LogP contribution in [0.25, 0.3) is 0 Å². The van der Waals surface area contributed by atoms with Gasteiger partial charge in [0.15, 0.2) is 0 Å². The molecule has 0 aliphatic rings. The van der Waals surface area contributed by atoms with Crippen molar-refractivity contribution in [1.82, 2.24) is 15.1 Å². The summed E-state index contributed by atoms with van der Waals surface area (Å²) in [6.45, 7) is 2.98. The molecule has 1 unspecified atom stereocenters. The lowest BCUT2D eigenvalue weighted by Crippen LogP contribution is -2.20. The van der Waals surface area contributed by atoms with Crippen LogP contribution < -0.4 is 5.32 Å². The molecular formula is C13H16BrN3. The highest BCUT2D eigenvalue weighted by atomic mass is 79.9. The van der Waals surface area contributed by atoms with Gasteiger partial charge in [0.1, 0.15) is 0 Å². The molecule has 0 amide bonds. The average Bonchev–Trinajstić information content (AvgIpc) is 2.72. The number of hydrogen-bond donors (Lipinski definition) is 1. The molecule has 2 rings (SSSR count). The Morgan fingerprint density at radius 1 is 1.35 bits per heavy atom. The molecule has 0 aliphatic carbocycles. The van der Waals surface area contributed by atoms with E-state index >= 15 is 0 Å². The molecule has 0 radical (unpaired) electrons. The van der Waals surface area contributed by atoms with E-state index < -0.39 is 0 Å². The van der Waals surface area contributed by atoms with Crippen molar-refractivity contribution in [2.24, 2.45) is 7.05 Å². The van der Waals surface area contributed by atoms with E-state index in [1.54, 1.807) is 0 Å². The normalized spacial score (nSPS) is 12.6. The first-order valence-corrected chi connectivity index (χ1v) is 6.42. The summed E-state index contributed by atoms with van der Waals surface area (Å²) in [5.41, 5.74) is 2.46. The van der Waals surface area contributed by atoms with Crippen molar-refractivity contribution >= 4 is 15.9 Å². The highest BCUT2D eigenvalue weighted by molar-refractivity contribution is 9.10. The smallest absolute Gasteiger partial charge is 0.0518 e. The third-order valence-electron chi connectivity index (χ3n) is 2.88. The summed E-state index contributed by atoms with van der Waals surface area (Å²) in [6.07, 6.45) is 1.82. The van der Waals surface area contributed by atoms with Crippen LogP contribution in [0.3, 0.4) is 0 Å². The molecule has 1 aromatic carbocycles. The molecule has 2 aromatic rings. The molecular weight excluding hydrogens is 278 g/mol. The zero-order chi connectivity index (χ0) is 12.3. The van der Waals surface area contributed by atoms with Crippen molar-refractivity contribution in [3.05, 3.63) is 52.3 Å². The minimum atomic E-state index is 0.306. The number of aromatic nitrogens is 2. The van der Waals surface area contributed by atoms with Crippen LogP contribution in [0, 0.1) is 0 Å². The third kappa shape index (κ3) is 2.96. The largest absolute Gasteiger partial charge is 0.305 e. The SMILES string of the molecule is CC(NCc1ccnn1C)c1ccccc1Br. The van der Waals surface area contributed by atoms with E-state index in [2.05, 4.69) is 51.5 Å². The molecule has 17 heavy (non-hydrogen) atoms. The van der Waals surface area contributed by atoms with E-state index in [-0.39, 0.29) is 0 Å². The minimum absolute atomic E-state index is 0.306. The van der Waals surface area contributed by atoms with E-state index in [0.717, 1.165) is 11.0 Å². The van der Waals surface area contributed by atoms with Crippen LogP contribution in [-0.2, 0) is 13.6 Å². The van der Waals surface area contributed by atoms with Gasteiger partial charge >= 0.3 is 0 Å². The number of rotatable bonds is 4. The number of nitrogens with one attached hydrogen (secondary N) is 1. The maximum absolute atomic E-state index is 4.15. The van der Waals surface area contributed by atoms with Crippen LogP contribution in [0.1, 0.15) is 24.2 Å². The Morgan fingerprint density at radius 3 is 2.76 bits per heavy atom. The van der Waals surface area contributed by atoms with Crippen LogP contribution in [0.15, 0.2) is 41.0 Å². The van der Waals surface area contributed by atoms with Crippen molar-refractivity contribution in [3.8, 4) is 0 Å². The van der Waals surface area contributed by atoms with Crippen molar-refractivity contribution in [1.29, 1.82) is 0 Å². The third-order valence-corrected chi connectivity index (χ3v) is 3.61. The van der Waals surface area contributed by atoms with Gasteiger partial charge in [0.2, 0.25) is 0 Å². The minimum Gasteiger partial charge on any atom is -0.305 e. The Labute approximate surface area is 110 Å². The molecule has 90 valence electrons. The van der Waals surface area contributed by atoms with E-state index in [0.29, 0.717) is 6.04 Å². The molecule has 0 aliphatic heterocycles. The number of hydrogen-bond acceptors (Lipinski definition) is 2. The molecule has 0 fully saturated rings. The van der Waals surface area contributed by atoms with Gasteiger partial charge in [-0.25, -0.2) is 0 Å². The molecule has 1 N–H and O–H groups in total. The van der Waals surface area contributed by atoms with Gasteiger partial charge < -0.3 is 5.32 Å². The Hall–Kier alpha value is -1.13. The van der Waals surface area contributed by atoms with E-state index in [1.807, 2.05) is 30.1 Å². The molecule has 0 spiro atoms. The molecule has 1 heterocycles. The summed E-state index contributed by atoms with van der Waals surface area (Å²) >= 11 is 3.57. The summed E-state index contributed by atoms with van der Waals surface area (Å²) in [5.74, 6) is 0. The summed E-state index contributed by atoms with van der Waals surface area (Å²) in [5, 5.41) is 7.64. The Balaban J connectivity index is 2.01. The summed E-state index contributed by atoms with van der Waals surface area (Å²) in [4.78, 5) is 0. The second-order valence-electron chi connectivity index (χ2n) is 4.07. The molecule has 0 bridgehead atoms. The van der Waals surface area contributed by atoms with Gasteiger partial charge in [-0.3, -0.25) is 4.68 Å². The predicted molar refractivity (Wildman–Crippen MR) is 72.6 cm³/mol. The fourth-order valence-electron chi connectivity index (χ4n) is 1.77. The first kappa shape index (κ1) is 12.3. The molecule has 0 saturated heterocycles. The standard InChI is InChI=1S/C13H16BrN3/c1-10(12-5-3-4-6-13(12)14)15-9-11-7-8-16-17(11)2/h3-8,10,15H,9H2,1-2H3. The van der Waals surface area contributed by atoms with E-state index in [9.17, 15) is 0 Å².